The van der Waals surface area contributed by atoms with Gasteiger partial charge in [-0.3, -0.25) is 4.72 Å². The summed E-state index contributed by atoms with van der Waals surface area (Å²) in [6, 6.07) is 12.9. The van der Waals surface area contributed by atoms with E-state index >= 15 is 0 Å². The van der Waals surface area contributed by atoms with Crippen molar-refractivity contribution in [1.29, 1.82) is 0 Å². The lowest BCUT2D eigenvalue weighted by Crippen LogP contribution is -2.49. The van der Waals surface area contributed by atoms with Crippen molar-refractivity contribution in [3.63, 3.8) is 0 Å². The number of benzene rings is 1. The van der Waals surface area contributed by atoms with Gasteiger partial charge in [-0.05, 0) is 73.8 Å². The van der Waals surface area contributed by atoms with Crippen LogP contribution in [0.4, 0.5) is 24.8 Å². The fourth-order valence-electron chi connectivity index (χ4n) is 6.00. The Morgan fingerprint density at radius 2 is 1.77 bits per heavy atom. The van der Waals surface area contributed by atoms with E-state index in [-0.39, 0.29) is 46.1 Å². The highest BCUT2D eigenvalue weighted by Crippen LogP contribution is 2.48. The number of nitrogens with one attached hydrogen (secondary N) is 1. The summed E-state index contributed by atoms with van der Waals surface area (Å²) in [6.07, 6.45) is -1.17. The molecule has 12 heteroatoms. The van der Waals surface area contributed by atoms with Crippen LogP contribution in [0.3, 0.4) is 0 Å². The molecule has 2 aromatic heterocycles. The van der Waals surface area contributed by atoms with Gasteiger partial charge >= 0.3 is 6.18 Å². The zero-order chi connectivity index (χ0) is 28.7. The fraction of sp³-hybridized carbons (Fsp3) is 0.429. The lowest BCUT2D eigenvalue weighted by molar-refractivity contribution is -0.137. The van der Waals surface area contributed by atoms with E-state index in [9.17, 15) is 26.7 Å². The number of nitrogens with two attached hydrogens (primary N) is 1. The average Bonchev–Trinajstić information content (AvgIpc) is 3.23. The van der Waals surface area contributed by atoms with Gasteiger partial charge in [0, 0.05) is 31.3 Å². The van der Waals surface area contributed by atoms with Crippen molar-refractivity contribution in [1.82, 2.24) is 9.97 Å². The molecule has 3 heterocycles. The zero-order valence-corrected chi connectivity index (χ0v) is 22.8. The van der Waals surface area contributed by atoms with Crippen LogP contribution in [-0.4, -0.2) is 49.2 Å². The second kappa shape index (κ2) is 10.6. The van der Waals surface area contributed by atoms with Gasteiger partial charge in [0.1, 0.15) is 11.6 Å². The molecule has 1 saturated heterocycles. The molecule has 1 aliphatic carbocycles. The topological polar surface area (TPSA) is 121 Å². The largest absolute Gasteiger partial charge is 0.418 e. The predicted molar refractivity (Wildman–Crippen MR) is 146 cm³/mol. The van der Waals surface area contributed by atoms with Crippen LogP contribution in [0.15, 0.2) is 59.6 Å². The number of sulfonamides is 1. The second-order valence-corrected chi connectivity index (χ2v) is 12.3. The molecule has 1 aliphatic heterocycles. The maximum atomic E-state index is 13.8. The summed E-state index contributed by atoms with van der Waals surface area (Å²) in [6.45, 7) is 3.05. The summed E-state index contributed by atoms with van der Waals surface area (Å²) in [5.41, 5.74) is 5.96. The van der Waals surface area contributed by atoms with Crippen molar-refractivity contribution in [3.05, 3.63) is 65.7 Å². The number of aliphatic hydroxyl groups is 1. The van der Waals surface area contributed by atoms with Crippen LogP contribution >= 0.6 is 0 Å². The standard InChI is InChI=1S/C28H32F3N5O3S/c1-18-5-2-3-6-20(18)25-21(28(29,30)31)9-10-22(33-25)35-40(38,39)24-8-4-7-23(34-24)36-15-13-27(14-16-36)12-11-19(17-37)26(27)32/h2-10,19,26,37H,11-17,32H2,1H3,(H,33,35)/t19?,26-/m1/s1. The molecular formula is C28H32F3N5O3S. The molecule has 2 aliphatic rings. The van der Waals surface area contributed by atoms with Gasteiger partial charge in [0.2, 0.25) is 0 Å². The Morgan fingerprint density at radius 1 is 1.05 bits per heavy atom. The molecule has 1 saturated carbocycles. The minimum absolute atomic E-state index is 0.0296. The van der Waals surface area contributed by atoms with Crippen LogP contribution in [0, 0.1) is 18.3 Å². The number of aromatic nitrogens is 2. The summed E-state index contributed by atoms with van der Waals surface area (Å²) >= 11 is 0. The van der Waals surface area contributed by atoms with Crippen LogP contribution in [0.1, 0.15) is 36.8 Å². The summed E-state index contributed by atoms with van der Waals surface area (Å²) < 4.78 is 70.1. The molecule has 1 spiro atoms. The Kier molecular flexibility index (Phi) is 7.53. The number of alkyl halides is 3. The number of rotatable bonds is 6. The SMILES string of the molecule is Cc1ccccc1-c1nc(NS(=O)(=O)c2cccc(N3CCC4(CCC(CO)[C@H]4N)CC3)n2)ccc1C(F)(F)F. The third kappa shape index (κ3) is 5.39. The van der Waals surface area contributed by atoms with Crippen LogP contribution in [0.2, 0.25) is 0 Å². The molecular weight excluding hydrogens is 543 g/mol. The van der Waals surface area contributed by atoms with E-state index in [4.69, 9.17) is 5.73 Å². The monoisotopic (exact) mass is 575 g/mol. The van der Waals surface area contributed by atoms with E-state index in [1.807, 2.05) is 4.90 Å². The minimum atomic E-state index is -4.67. The summed E-state index contributed by atoms with van der Waals surface area (Å²) in [7, 11) is -4.25. The van der Waals surface area contributed by atoms with Crippen molar-refractivity contribution in [2.24, 2.45) is 17.1 Å². The molecule has 5 rings (SSSR count). The Hall–Kier alpha value is -3.22. The highest BCUT2D eigenvalue weighted by Gasteiger charge is 2.47. The van der Waals surface area contributed by atoms with Crippen LogP contribution < -0.4 is 15.4 Å². The van der Waals surface area contributed by atoms with Crippen molar-refractivity contribution < 1.29 is 26.7 Å². The molecule has 4 N–H and O–H groups in total. The molecule has 0 bridgehead atoms. The third-order valence-electron chi connectivity index (χ3n) is 8.37. The Labute approximate surface area is 231 Å². The van der Waals surface area contributed by atoms with Gasteiger partial charge in [-0.1, -0.05) is 30.3 Å². The van der Waals surface area contributed by atoms with Crippen molar-refractivity contribution in [2.45, 2.75) is 49.9 Å². The van der Waals surface area contributed by atoms with Gasteiger partial charge in [0.15, 0.2) is 5.03 Å². The minimum Gasteiger partial charge on any atom is -0.396 e. The molecule has 1 unspecified atom stereocenters. The number of halogens is 3. The van der Waals surface area contributed by atoms with E-state index in [2.05, 4.69) is 14.7 Å². The summed E-state index contributed by atoms with van der Waals surface area (Å²) in [5, 5.41) is 9.35. The van der Waals surface area contributed by atoms with Crippen LogP contribution in [0.5, 0.6) is 0 Å². The number of anilines is 2. The molecule has 8 nitrogen and oxygen atoms in total. The molecule has 3 aromatic rings. The number of hydrogen-bond donors (Lipinski definition) is 3. The van der Waals surface area contributed by atoms with Crippen molar-refractivity contribution >= 4 is 21.7 Å². The first-order valence-electron chi connectivity index (χ1n) is 13.2. The van der Waals surface area contributed by atoms with E-state index in [1.165, 1.54) is 12.1 Å². The highest BCUT2D eigenvalue weighted by atomic mass is 32.2. The first-order valence-corrected chi connectivity index (χ1v) is 14.7. The quantitative estimate of drug-likeness (QED) is 0.393. The van der Waals surface area contributed by atoms with Gasteiger partial charge < -0.3 is 15.7 Å². The molecule has 0 radical (unpaired) electrons. The first-order chi connectivity index (χ1) is 18.9. The van der Waals surface area contributed by atoms with Gasteiger partial charge in [0.25, 0.3) is 10.0 Å². The molecule has 214 valence electrons. The average molecular weight is 576 g/mol. The molecule has 2 fully saturated rings. The number of nitrogens with zero attached hydrogens (tertiary/aromatic N) is 3. The Morgan fingerprint density at radius 3 is 2.42 bits per heavy atom. The Bertz CT molecular complexity index is 1490. The van der Waals surface area contributed by atoms with Crippen molar-refractivity contribution in [3.8, 4) is 11.3 Å². The normalized spacial score (nSPS) is 21.1. The highest BCUT2D eigenvalue weighted by molar-refractivity contribution is 7.92. The summed E-state index contributed by atoms with van der Waals surface area (Å²) in [4.78, 5) is 10.5. The number of aryl methyl sites for hydroxylation is 1. The van der Waals surface area contributed by atoms with Crippen LogP contribution in [-0.2, 0) is 16.2 Å². The predicted octanol–water partition coefficient (Wildman–Crippen LogP) is 4.59. The number of hydrogen-bond acceptors (Lipinski definition) is 7. The lowest BCUT2D eigenvalue weighted by atomic mass is 9.73. The second-order valence-electron chi connectivity index (χ2n) is 10.7. The molecule has 2 atom stereocenters. The number of pyridine rings is 2. The van der Waals surface area contributed by atoms with Gasteiger partial charge in [-0.25, -0.2) is 9.97 Å². The number of piperidine rings is 1. The lowest BCUT2D eigenvalue weighted by Gasteiger charge is -2.43. The zero-order valence-electron chi connectivity index (χ0n) is 22.0. The van der Waals surface area contributed by atoms with E-state index in [1.54, 1.807) is 37.3 Å². The van der Waals surface area contributed by atoms with E-state index < -0.39 is 21.8 Å². The Balaban J connectivity index is 1.37. The van der Waals surface area contributed by atoms with Crippen LogP contribution in [0.25, 0.3) is 11.3 Å². The number of aliphatic hydroxyl groups excluding tert-OH is 1. The fourth-order valence-corrected chi connectivity index (χ4v) is 6.96. The van der Waals surface area contributed by atoms with Crippen molar-refractivity contribution in [2.75, 3.05) is 29.3 Å². The summed E-state index contributed by atoms with van der Waals surface area (Å²) in [5.74, 6) is 0.352. The third-order valence-corrected chi connectivity index (χ3v) is 9.63. The van der Waals surface area contributed by atoms with Gasteiger partial charge in [-0.2, -0.15) is 21.6 Å². The maximum Gasteiger partial charge on any atom is 0.418 e. The van der Waals surface area contributed by atoms with E-state index in [0.717, 1.165) is 37.8 Å². The van der Waals surface area contributed by atoms with Gasteiger partial charge in [0.05, 0.1) is 11.3 Å². The smallest absolute Gasteiger partial charge is 0.396 e. The van der Waals surface area contributed by atoms with E-state index in [0.29, 0.717) is 24.5 Å². The maximum absolute atomic E-state index is 13.8. The molecule has 40 heavy (non-hydrogen) atoms. The molecule has 0 amide bonds. The van der Waals surface area contributed by atoms with Gasteiger partial charge in [-0.15, -0.1) is 0 Å². The first kappa shape index (κ1) is 28.3. The molecule has 1 aromatic carbocycles.